The summed E-state index contributed by atoms with van der Waals surface area (Å²) in [4.78, 5) is 15.1. The molecule has 1 fully saturated rings. The average molecular weight is 471 g/mol. The van der Waals surface area contributed by atoms with Gasteiger partial charge in [0.25, 0.3) is 0 Å². The Bertz CT molecular complexity index is 951. The molecule has 0 aliphatic carbocycles. The van der Waals surface area contributed by atoms with E-state index in [4.69, 9.17) is 18.9 Å². The van der Waals surface area contributed by atoms with Crippen molar-refractivity contribution in [1.29, 1.82) is 0 Å². The third-order valence-corrected chi connectivity index (χ3v) is 6.41. The quantitative estimate of drug-likeness (QED) is 0.552. The van der Waals surface area contributed by atoms with Gasteiger partial charge in [0.2, 0.25) is 5.91 Å². The zero-order valence-corrected chi connectivity index (χ0v) is 19.9. The number of hydrogen-bond acceptors (Lipinski definition) is 7. The van der Waals surface area contributed by atoms with Crippen molar-refractivity contribution in [1.82, 2.24) is 10.2 Å². The maximum atomic E-state index is 12.8. The summed E-state index contributed by atoms with van der Waals surface area (Å²) in [6.07, 6.45) is 1.55. The van der Waals surface area contributed by atoms with Crippen LogP contribution in [-0.4, -0.2) is 68.0 Å². The standard InChI is InChI=1S/C26H34N2O6/c1-18-4-3-12-28(18)17-22(26(30)19-5-10-23-24(16-19)34-15-14-33-23)27-25(29)11-13-32-21-8-6-20(31-2)7-9-21/h5-10,16,18,22,26,30H,3-4,11-15,17H2,1-2H3,(H,27,29)/t18-,22+,26-/m0/s1. The Balaban J connectivity index is 1.38. The molecule has 1 amide bonds. The molecule has 0 bridgehead atoms. The summed E-state index contributed by atoms with van der Waals surface area (Å²) in [5, 5.41) is 14.3. The Labute approximate surface area is 200 Å². The van der Waals surface area contributed by atoms with E-state index < -0.39 is 12.1 Å². The Morgan fingerprint density at radius 3 is 2.59 bits per heavy atom. The number of rotatable bonds is 10. The molecule has 4 rings (SSSR count). The maximum absolute atomic E-state index is 12.8. The smallest absolute Gasteiger partial charge is 0.223 e. The van der Waals surface area contributed by atoms with Crippen LogP contribution in [0.25, 0.3) is 0 Å². The van der Waals surface area contributed by atoms with Crippen LogP contribution in [0.5, 0.6) is 23.0 Å². The Hall–Kier alpha value is -2.97. The molecule has 1 saturated heterocycles. The second kappa shape index (κ2) is 11.4. The monoisotopic (exact) mass is 470 g/mol. The molecule has 0 radical (unpaired) electrons. The molecule has 8 nitrogen and oxygen atoms in total. The number of carbonyl (C=O) groups is 1. The van der Waals surface area contributed by atoms with Gasteiger partial charge >= 0.3 is 0 Å². The maximum Gasteiger partial charge on any atom is 0.223 e. The van der Waals surface area contributed by atoms with E-state index in [1.807, 2.05) is 24.3 Å². The summed E-state index contributed by atoms with van der Waals surface area (Å²) in [5.74, 6) is 2.55. The number of likely N-dealkylation sites (tertiary alicyclic amines) is 1. The molecule has 3 atom stereocenters. The van der Waals surface area contributed by atoms with Crippen molar-refractivity contribution in [2.45, 2.75) is 44.4 Å². The number of fused-ring (bicyclic) bond motifs is 1. The van der Waals surface area contributed by atoms with Crippen molar-refractivity contribution >= 4 is 5.91 Å². The second-order valence-corrected chi connectivity index (χ2v) is 8.78. The topological polar surface area (TPSA) is 89.5 Å². The van der Waals surface area contributed by atoms with Gasteiger partial charge in [0.05, 0.1) is 26.2 Å². The normalized spacial score (nSPS) is 19.3. The predicted molar refractivity (Wildman–Crippen MR) is 128 cm³/mol. The van der Waals surface area contributed by atoms with Gasteiger partial charge in [-0.15, -0.1) is 0 Å². The number of ether oxygens (including phenoxy) is 4. The van der Waals surface area contributed by atoms with Crippen LogP contribution in [-0.2, 0) is 4.79 Å². The van der Waals surface area contributed by atoms with Crippen LogP contribution in [0.15, 0.2) is 42.5 Å². The number of nitrogens with zero attached hydrogens (tertiary/aromatic N) is 1. The van der Waals surface area contributed by atoms with Gasteiger partial charge in [-0.2, -0.15) is 0 Å². The van der Waals surface area contributed by atoms with Crippen LogP contribution in [0.4, 0.5) is 0 Å². The molecule has 2 N–H and O–H groups in total. The Kier molecular flexibility index (Phi) is 8.13. The minimum Gasteiger partial charge on any atom is -0.497 e. The summed E-state index contributed by atoms with van der Waals surface area (Å²) >= 11 is 0. The second-order valence-electron chi connectivity index (χ2n) is 8.78. The van der Waals surface area contributed by atoms with Crippen molar-refractivity contribution in [3.8, 4) is 23.0 Å². The van der Waals surface area contributed by atoms with E-state index in [9.17, 15) is 9.90 Å². The lowest BCUT2D eigenvalue weighted by Gasteiger charge is -2.31. The SMILES string of the molecule is COc1ccc(OCCC(=O)N[C@H](CN2CCC[C@@H]2C)[C@@H](O)c2ccc3c(c2)OCCO3)cc1. The van der Waals surface area contributed by atoms with Gasteiger partial charge < -0.3 is 29.4 Å². The number of carbonyl (C=O) groups excluding carboxylic acids is 1. The van der Waals surface area contributed by atoms with Crippen LogP contribution in [0.2, 0.25) is 0 Å². The summed E-state index contributed by atoms with van der Waals surface area (Å²) in [6, 6.07) is 12.6. The van der Waals surface area contributed by atoms with Gasteiger partial charge in [0.1, 0.15) is 30.8 Å². The number of nitrogens with one attached hydrogen (secondary N) is 1. The predicted octanol–water partition coefficient (Wildman–Crippen LogP) is 2.94. The number of benzene rings is 2. The van der Waals surface area contributed by atoms with Gasteiger partial charge in [0.15, 0.2) is 11.5 Å². The first kappa shape index (κ1) is 24.2. The molecule has 2 aliphatic rings. The zero-order chi connectivity index (χ0) is 23.9. The molecule has 0 spiro atoms. The molecule has 8 heteroatoms. The molecule has 2 aromatic rings. The van der Waals surface area contributed by atoms with E-state index in [1.54, 1.807) is 25.3 Å². The highest BCUT2D eigenvalue weighted by atomic mass is 16.6. The van der Waals surface area contributed by atoms with E-state index in [-0.39, 0.29) is 18.9 Å². The lowest BCUT2D eigenvalue weighted by atomic mass is 10.0. The molecular weight excluding hydrogens is 436 g/mol. The molecule has 34 heavy (non-hydrogen) atoms. The zero-order valence-electron chi connectivity index (χ0n) is 19.9. The molecule has 0 aromatic heterocycles. The summed E-state index contributed by atoms with van der Waals surface area (Å²) in [7, 11) is 1.61. The fourth-order valence-electron chi connectivity index (χ4n) is 4.43. The molecule has 184 valence electrons. The van der Waals surface area contributed by atoms with Gasteiger partial charge in [-0.3, -0.25) is 9.69 Å². The van der Waals surface area contributed by atoms with Crippen molar-refractivity contribution in [3.63, 3.8) is 0 Å². The fourth-order valence-corrected chi connectivity index (χ4v) is 4.43. The highest BCUT2D eigenvalue weighted by molar-refractivity contribution is 5.76. The molecule has 2 heterocycles. The van der Waals surface area contributed by atoms with Crippen LogP contribution in [0, 0.1) is 0 Å². The molecule has 0 unspecified atom stereocenters. The van der Waals surface area contributed by atoms with E-state index in [0.717, 1.165) is 25.1 Å². The highest BCUT2D eigenvalue weighted by Gasteiger charge is 2.30. The third kappa shape index (κ3) is 6.12. The first-order valence-corrected chi connectivity index (χ1v) is 11.9. The van der Waals surface area contributed by atoms with Gasteiger partial charge in [0, 0.05) is 12.6 Å². The first-order chi connectivity index (χ1) is 16.5. The number of hydrogen-bond donors (Lipinski definition) is 2. The molecular formula is C26H34N2O6. The summed E-state index contributed by atoms with van der Waals surface area (Å²) in [6.45, 7) is 4.95. The largest absolute Gasteiger partial charge is 0.497 e. The van der Waals surface area contributed by atoms with Crippen molar-refractivity contribution in [3.05, 3.63) is 48.0 Å². The van der Waals surface area contributed by atoms with Gasteiger partial charge in [-0.25, -0.2) is 0 Å². The van der Waals surface area contributed by atoms with Crippen LogP contribution < -0.4 is 24.3 Å². The first-order valence-electron chi connectivity index (χ1n) is 11.9. The van der Waals surface area contributed by atoms with E-state index in [1.165, 1.54) is 0 Å². The van der Waals surface area contributed by atoms with E-state index in [2.05, 4.69) is 17.1 Å². The minimum absolute atomic E-state index is 0.165. The van der Waals surface area contributed by atoms with Gasteiger partial charge in [-0.1, -0.05) is 6.07 Å². The molecule has 0 saturated carbocycles. The van der Waals surface area contributed by atoms with Crippen molar-refractivity contribution in [2.75, 3.05) is 40.0 Å². The number of amides is 1. The fraction of sp³-hybridized carbons (Fsp3) is 0.500. The third-order valence-electron chi connectivity index (χ3n) is 6.41. The average Bonchev–Trinajstić information content (AvgIpc) is 3.27. The van der Waals surface area contributed by atoms with Crippen molar-refractivity contribution in [2.24, 2.45) is 0 Å². The Morgan fingerprint density at radius 1 is 1.15 bits per heavy atom. The Morgan fingerprint density at radius 2 is 1.88 bits per heavy atom. The van der Waals surface area contributed by atoms with E-state index >= 15 is 0 Å². The number of aliphatic hydroxyl groups is 1. The number of aliphatic hydroxyl groups excluding tert-OH is 1. The molecule has 2 aliphatic heterocycles. The number of methoxy groups -OCH3 is 1. The van der Waals surface area contributed by atoms with Crippen LogP contribution in [0.1, 0.15) is 37.9 Å². The highest BCUT2D eigenvalue weighted by Crippen LogP contribution is 2.33. The molecule has 2 aromatic carbocycles. The minimum atomic E-state index is -0.880. The summed E-state index contributed by atoms with van der Waals surface area (Å²) < 4.78 is 22.1. The van der Waals surface area contributed by atoms with Crippen molar-refractivity contribution < 1.29 is 28.8 Å². The van der Waals surface area contributed by atoms with Crippen LogP contribution in [0.3, 0.4) is 0 Å². The lowest BCUT2D eigenvalue weighted by Crippen LogP contribution is -2.48. The van der Waals surface area contributed by atoms with Crippen LogP contribution >= 0.6 is 0 Å². The van der Waals surface area contributed by atoms with E-state index in [0.29, 0.717) is 48.6 Å². The summed E-state index contributed by atoms with van der Waals surface area (Å²) in [5.41, 5.74) is 0.691. The lowest BCUT2D eigenvalue weighted by molar-refractivity contribution is -0.123. The van der Waals surface area contributed by atoms with Gasteiger partial charge in [-0.05, 0) is 68.3 Å².